The van der Waals surface area contributed by atoms with Crippen LogP contribution in [0.1, 0.15) is 51.0 Å². The van der Waals surface area contributed by atoms with Crippen LogP contribution in [0.3, 0.4) is 0 Å². The summed E-state index contributed by atoms with van der Waals surface area (Å²) in [6.07, 6.45) is 9.50. The van der Waals surface area contributed by atoms with Gasteiger partial charge in [-0.25, -0.2) is 9.97 Å². The molecular formula is C14H26N4. The van der Waals surface area contributed by atoms with E-state index < -0.39 is 0 Å². The lowest BCUT2D eigenvalue weighted by Crippen LogP contribution is -2.07. The van der Waals surface area contributed by atoms with Crippen molar-refractivity contribution in [3.63, 3.8) is 0 Å². The summed E-state index contributed by atoms with van der Waals surface area (Å²) in [6, 6.07) is 0. The first kappa shape index (κ1) is 14.7. The van der Waals surface area contributed by atoms with E-state index in [1.807, 2.05) is 14.0 Å². The Bertz CT molecular complexity index is 339. The third-order valence-electron chi connectivity index (χ3n) is 3.14. The van der Waals surface area contributed by atoms with Crippen LogP contribution in [-0.4, -0.2) is 23.6 Å². The Morgan fingerprint density at radius 2 is 1.67 bits per heavy atom. The van der Waals surface area contributed by atoms with Crippen LogP contribution in [0.15, 0.2) is 6.33 Å². The number of unbranched alkanes of at least 4 members (excludes halogenated alkanes) is 5. The highest BCUT2D eigenvalue weighted by Crippen LogP contribution is 2.17. The van der Waals surface area contributed by atoms with Crippen LogP contribution < -0.4 is 10.6 Å². The maximum absolute atomic E-state index is 4.27. The van der Waals surface area contributed by atoms with Gasteiger partial charge in [-0.05, 0) is 13.3 Å². The Hall–Kier alpha value is -1.32. The summed E-state index contributed by atoms with van der Waals surface area (Å²) >= 11 is 0. The predicted octanol–water partition coefficient (Wildman–Crippen LogP) is 3.60. The van der Waals surface area contributed by atoms with Crippen molar-refractivity contribution in [2.75, 3.05) is 24.2 Å². The van der Waals surface area contributed by atoms with Gasteiger partial charge in [0.15, 0.2) is 0 Å². The Morgan fingerprint density at radius 1 is 1.00 bits per heavy atom. The molecule has 0 unspecified atom stereocenters. The van der Waals surface area contributed by atoms with Crippen LogP contribution in [-0.2, 0) is 0 Å². The molecule has 1 heterocycles. The normalized spacial score (nSPS) is 10.4. The van der Waals surface area contributed by atoms with Crippen molar-refractivity contribution in [2.45, 2.75) is 52.4 Å². The van der Waals surface area contributed by atoms with E-state index in [9.17, 15) is 0 Å². The Balaban J connectivity index is 2.23. The molecule has 0 aliphatic carbocycles. The molecule has 1 aromatic rings. The van der Waals surface area contributed by atoms with Gasteiger partial charge in [-0.1, -0.05) is 39.0 Å². The first-order valence-electron chi connectivity index (χ1n) is 7.02. The smallest absolute Gasteiger partial charge is 0.134 e. The lowest BCUT2D eigenvalue weighted by molar-refractivity contribution is 0.616. The van der Waals surface area contributed by atoms with E-state index in [1.165, 1.54) is 38.5 Å². The van der Waals surface area contributed by atoms with E-state index in [-0.39, 0.29) is 0 Å². The van der Waals surface area contributed by atoms with Gasteiger partial charge in [0.2, 0.25) is 0 Å². The molecule has 0 aromatic carbocycles. The topological polar surface area (TPSA) is 49.8 Å². The Labute approximate surface area is 111 Å². The molecule has 2 N–H and O–H groups in total. The molecule has 1 rings (SSSR count). The fourth-order valence-electron chi connectivity index (χ4n) is 1.99. The van der Waals surface area contributed by atoms with Gasteiger partial charge >= 0.3 is 0 Å². The number of rotatable bonds is 9. The third-order valence-corrected chi connectivity index (χ3v) is 3.14. The second-order valence-corrected chi connectivity index (χ2v) is 4.64. The van der Waals surface area contributed by atoms with Gasteiger partial charge in [0.1, 0.15) is 18.0 Å². The summed E-state index contributed by atoms with van der Waals surface area (Å²) in [5.74, 6) is 1.85. The molecule has 0 fully saturated rings. The van der Waals surface area contributed by atoms with Crippen LogP contribution in [0.2, 0.25) is 0 Å². The minimum atomic E-state index is 0.899. The van der Waals surface area contributed by atoms with Gasteiger partial charge in [-0.3, -0.25) is 0 Å². The molecule has 0 spiro atoms. The zero-order chi connectivity index (χ0) is 13.2. The van der Waals surface area contributed by atoms with Crippen molar-refractivity contribution in [3.05, 3.63) is 11.9 Å². The number of nitrogens with one attached hydrogen (secondary N) is 2. The maximum Gasteiger partial charge on any atom is 0.134 e. The van der Waals surface area contributed by atoms with Gasteiger partial charge in [-0.15, -0.1) is 0 Å². The van der Waals surface area contributed by atoms with Crippen LogP contribution in [0.5, 0.6) is 0 Å². The fraction of sp³-hybridized carbons (Fsp3) is 0.714. The van der Waals surface area contributed by atoms with Crippen LogP contribution in [0.4, 0.5) is 11.6 Å². The Kier molecular flexibility index (Phi) is 7.14. The quantitative estimate of drug-likeness (QED) is 0.657. The molecule has 0 saturated carbocycles. The van der Waals surface area contributed by atoms with E-state index in [4.69, 9.17) is 0 Å². The standard InChI is InChI=1S/C14H26N4/c1-4-5-6-7-8-9-10-16-14-12(2)13(15-3)17-11-18-14/h11H,4-10H2,1-3H3,(H2,15,16,17,18). The van der Waals surface area contributed by atoms with Gasteiger partial charge in [0, 0.05) is 19.2 Å². The monoisotopic (exact) mass is 250 g/mol. The molecule has 0 bridgehead atoms. The highest BCUT2D eigenvalue weighted by atomic mass is 15.1. The summed E-state index contributed by atoms with van der Waals surface area (Å²) < 4.78 is 0. The van der Waals surface area contributed by atoms with Gasteiger partial charge in [0.25, 0.3) is 0 Å². The number of anilines is 2. The average molecular weight is 250 g/mol. The average Bonchev–Trinajstić information content (AvgIpc) is 2.39. The van der Waals surface area contributed by atoms with Crippen molar-refractivity contribution in [1.29, 1.82) is 0 Å². The van der Waals surface area contributed by atoms with E-state index in [1.54, 1.807) is 6.33 Å². The molecule has 1 aromatic heterocycles. The molecule has 0 saturated heterocycles. The van der Waals surface area contributed by atoms with E-state index in [0.717, 1.165) is 23.7 Å². The van der Waals surface area contributed by atoms with Crippen LogP contribution in [0.25, 0.3) is 0 Å². The predicted molar refractivity (Wildman–Crippen MR) is 78.2 cm³/mol. The first-order valence-corrected chi connectivity index (χ1v) is 7.02. The number of hydrogen-bond acceptors (Lipinski definition) is 4. The van der Waals surface area contributed by atoms with Crippen molar-refractivity contribution in [2.24, 2.45) is 0 Å². The summed E-state index contributed by atoms with van der Waals surface area (Å²) in [6.45, 7) is 5.28. The number of hydrogen-bond donors (Lipinski definition) is 2. The van der Waals surface area contributed by atoms with Crippen molar-refractivity contribution in [3.8, 4) is 0 Å². The molecule has 0 aliphatic heterocycles. The highest BCUT2D eigenvalue weighted by Gasteiger charge is 2.04. The molecule has 18 heavy (non-hydrogen) atoms. The zero-order valence-electron chi connectivity index (χ0n) is 11.9. The van der Waals surface area contributed by atoms with E-state index in [0.29, 0.717) is 0 Å². The third kappa shape index (κ3) is 4.90. The van der Waals surface area contributed by atoms with E-state index in [2.05, 4.69) is 27.5 Å². The van der Waals surface area contributed by atoms with Crippen molar-refractivity contribution >= 4 is 11.6 Å². The van der Waals surface area contributed by atoms with Crippen molar-refractivity contribution in [1.82, 2.24) is 9.97 Å². The van der Waals surface area contributed by atoms with Crippen molar-refractivity contribution < 1.29 is 0 Å². The molecule has 0 atom stereocenters. The number of nitrogens with zero attached hydrogens (tertiary/aromatic N) is 2. The second-order valence-electron chi connectivity index (χ2n) is 4.64. The molecule has 0 amide bonds. The fourth-order valence-corrected chi connectivity index (χ4v) is 1.99. The SMILES string of the molecule is CCCCCCCCNc1ncnc(NC)c1C. The number of aromatic nitrogens is 2. The highest BCUT2D eigenvalue weighted by molar-refractivity contribution is 5.55. The molecule has 4 nitrogen and oxygen atoms in total. The summed E-state index contributed by atoms with van der Waals surface area (Å²) in [5, 5.41) is 6.46. The van der Waals surface area contributed by atoms with Gasteiger partial charge in [0.05, 0.1) is 0 Å². The minimum Gasteiger partial charge on any atom is -0.373 e. The lowest BCUT2D eigenvalue weighted by Gasteiger charge is -2.10. The Morgan fingerprint density at radius 3 is 2.39 bits per heavy atom. The molecule has 0 radical (unpaired) electrons. The largest absolute Gasteiger partial charge is 0.373 e. The molecule has 102 valence electrons. The van der Waals surface area contributed by atoms with Gasteiger partial charge < -0.3 is 10.6 Å². The maximum atomic E-state index is 4.27. The first-order chi connectivity index (χ1) is 8.79. The summed E-state index contributed by atoms with van der Waals surface area (Å²) in [7, 11) is 1.88. The van der Waals surface area contributed by atoms with Gasteiger partial charge in [-0.2, -0.15) is 0 Å². The summed E-state index contributed by atoms with van der Waals surface area (Å²) in [4.78, 5) is 8.45. The molecule has 0 aliphatic rings. The minimum absolute atomic E-state index is 0.899. The zero-order valence-corrected chi connectivity index (χ0v) is 11.9. The lowest BCUT2D eigenvalue weighted by atomic mass is 10.1. The van der Waals surface area contributed by atoms with Crippen LogP contribution in [0, 0.1) is 6.92 Å². The van der Waals surface area contributed by atoms with Crippen LogP contribution >= 0.6 is 0 Å². The van der Waals surface area contributed by atoms with E-state index >= 15 is 0 Å². The summed E-state index contributed by atoms with van der Waals surface area (Å²) in [5.41, 5.74) is 1.09. The molecular weight excluding hydrogens is 224 g/mol. The molecule has 4 heteroatoms. The second kappa shape index (κ2) is 8.72.